The van der Waals surface area contributed by atoms with Gasteiger partial charge in [0.15, 0.2) is 0 Å². The summed E-state index contributed by atoms with van der Waals surface area (Å²) in [7, 11) is 0. The van der Waals surface area contributed by atoms with Gasteiger partial charge in [0, 0.05) is 16.2 Å². The van der Waals surface area contributed by atoms with Gasteiger partial charge in [-0.1, -0.05) is 39.7 Å². The second-order valence-electron chi connectivity index (χ2n) is 3.60. The second kappa shape index (κ2) is 4.87. The van der Waals surface area contributed by atoms with Crippen LogP contribution in [0.3, 0.4) is 0 Å². The summed E-state index contributed by atoms with van der Waals surface area (Å²) < 4.78 is 1.04. The van der Waals surface area contributed by atoms with Crippen molar-refractivity contribution in [3.05, 3.63) is 51.2 Å². The average molecular weight is 308 g/mol. The number of pyridine rings is 1. The molecule has 0 saturated carbocycles. The average Bonchev–Trinajstić information content (AvgIpc) is 2.32. The van der Waals surface area contributed by atoms with Crippen LogP contribution in [0.1, 0.15) is 11.1 Å². The summed E-state index contributed by atoms with van der Waals surface area (Å²) in [5.74, 6) is 0. The maximum absolute atomic E-state index is 9.10. The summed E-state index contributed by atoms with van der Waals surface area (Å²) in [6.45, 7) is 2.00. The summed E-state index contributed by atoms with van der Waals surface area (Å²) in [5, 5.41) is 9.34. The maximum Gasteiger partial charge on any atom is 0.147 e. The zero-order valence-corrected chi connectivity index (χ0v) is 11.4. The fourth-order valence-corrected chi connectivity index (χ4v) is 2.04. The van der Waals surface area contributed by atoms with Crippen molar-refractivity contribution < 1.29 is 0 Å². The number of hydrogen-bond donors (Lipinski definition) is 0. The first-order valence-corrected chi connectivity index (χ1v) is 6.11. The molecule has 0 atom stereocenters. The standard InChI is InChI=1S/C13H8BrClN2/c1-8-6-9(2-3-12(8)14)10-4-5-17-13(15)11(10)7-16/h2-6H,1H3. The fourth-order valence-electron chi connectivity index (χ4n) is 1.60. The molecule has 4 heteroatoms. The van der Waals surface area contributed by atoms with E-state index >= 15 is 0 Å². The number of nitriles is 1. The topological polar surface area (TPSA) is 36.7 Å². The van der Waals surface area contributed by atoms with Crippen molar-refractivity contribution >= 4 is 27.5 Å². The highest BCUT2D eigenvalue weighted by atomic mass is 79.9. The molecule has 0 unspecified atom stereocenters. The van der Waals surface area contributed by atoms with Crippen molar-refractivity contribution in [3.8, 4) is 17.2 Å². The van der Waals surface area contributed by atoms with Crippen LogP contribution >= 0.6 is 27.5 Å². The molecule has 0 aliphatic heterocycles. The van der Waals surface area contributed by atoms with E-state index in [1.807, 2.05) is 25.1 Å². The van der Waals surface area contributed by atoms with E-state index in [0.717, 1.165) is 21.2 Å². The zero-order valence-electron chi connectivity index (χ0n) is 9.04. The van der Waals surface area contributed by atoms with Crippen molar-refractivity contribution in [1.29, 1.82) is 5.26 Å². The minimum Gasteiger partial charge on any atom is -0.243 e. The Labute approximate surface area is 113 Å². The lowest BCUT2D eigenvalue weighted by atomic mass is 10.0. The number of halogens is 2. The third kappa shape index (κ3) is 2.33. The smallest absolute Gasteiger partial charge is 0.147 e. The highest BCUT2D eigenvalue weighted by Gasteiger charge is 2.10. The normalized spacial score (nSPS) is 10.0. The molecule has 1 heterocycles. The van der Waals surface area contributed by atoms with Crippen molar-refractivity contribution in [2.75, 3.05) is 0 Å². The molecular formula is C13H8BrClN2. The van der Waals surface area contributed by atoms with Gasteiger partial charge in [-0.25, -0.2) is 4.98 Å². The Kier molecular flexibility index (Phi) is 3.46. The highest BCUT2D eigenvalue weighted by Crippen LogP contribution is 2.29. The number of rotatable bonds is 1. The quantitative estimate of drug-likeness (QED) is 0.735. The second-order valence-corrected chi connectivity index (χ2v) is 4.81. The Morgan fingerprint density at radius 1 is 1.35 bits per heavy atom. The van der Waals surface area contributed by atoms with Crippen LogP contribution in [0.4, 0.5) is 0 Å². The van der Waals surface area contributed by atoms with Crippen LogP contribution < -0.4 is 0 Å². The number of hydrogen-bond acceptors (Lipinski definition) is 2. The summed E-state index contributed by atoms with van der Waals surface area (Å²) in [6, 6.07) is 9.81. The predicted octanol–water partition coefficient (Wildman–Crippen LogP) is 4.34. The molecule has 1 aromatic heterocycles. The Bertz CT molecular complexity index is 617. The minimum atomic E-state index is 0.241. The molecule has 0 fully saturated rings. The molecule has 0 bridgehead atoms. The molecule has 0 N–H and O–H groups in total. The summed E-state index contributed by atoms with van der Waals surface area (Å²) in [6.07, 6.45) is 1.61. The van der Waals surface area contributed by atoms with Crippen LogP contribution in [0, 0.1) is 18.3 Å². The van der Waals surface area contributed by atoms with Gasteiger partial charge in [0.1, 0.15) is 11.2 Å². The lowest BCUT2D eigenvalue weighted by molar-refractivity contribution is 1.30. The monoisotopic (exact) mass is 306 g/mol. The molecule has 0 amide bonds. The van der Waals surface area contributed by atoms with Crippen molar-refractivity contribution in [2.24, 2.45) is 0 Å². The van der Waals surface area contributed by atoms with Gasteiger partial charge in [0.05, 0.1) is 5.56 Å². The first-order chi connectivity index (χ1) is 8.13. The van der Waals surface area contributed by atoms with E-state index in [-0.39, 0.29) is 5.15 Å². The van der Waals surface area contributed by atoms with E-state index < -0.39 is 0 Å². The maximum atomic E-state index is 9.10. The largest absolute Gasteiger partial charge is 0.243 e. The van der Waals surface area contributed by atoms with Crippen LogP contribution in [0.15, 0.2) is 34.9 Å². The minimum absolute atomic E-state index is 0.241. The van der Waals surface area contributed by atoms with Gasteiger partial charge in [-0.15, -0.1) is 0 Å². The number of benzene rings is 1. The van der Waals surface area contributed by atoms with Crippen molar-refractivity contribution in [1.82, 2.24) is 4.98 Å². The molecule has 0 radical (unpaired) electrons. The van der Waals surface area contributed by atoms with Crippen molar-refractivity contribution in [3.63, 3.8) is 0 Å². The summed E-state index contributed by atoms with van der Waals surface area (Å²) in [4.78, 5) is 3.91. The van der Waals surface area contributed by atoms with E-state index in [1.54, 1.807) is 12.3 Å². The van der Waals surface area contributed by atoms with Gasteiger partial charge in [0.25, 0.3) is 0 Å². The first-order valence-electron chi connectivity index (χ1n) is 4.94. The van der Waals surface area contributed by atoms with E-state index in [0.29, 0.717) is 5.56 Å². The Balaban J connectivity index is 2.65. The third-order valence-electron chi connectivity index (χ3n) is 2.49. The lowest BCUT2D eigenvalue weighted by Crippen LogP contribution is -1.89. The fraction of sp³-hybridized carbons (Fsp3) is 0.0769. The Morgan fingerprint density at radius 3 is 2.76 bits per heavy atom. The van der Waals surface area contributed by atoms with Crippen molar-refractivity contribution in [2.45, 2.75) is 6.92 Å². The first kappa shape index (κ1) is 12.1. The van der Waals surface area contributed by atoms with Gasteiger partial charge in [-0.05, 0) is 30.2 Å². The van der Waals surface area contributed by atoms with Crippen LogP contribution in [0.5, 0.6) is 0 Å². The number of aromatic nitrogens is 1. The Hall–Kier alpha value is -1.37. The molecule has 0 saturated heterocycles. The van der Waals surface area contributed by atoms with E-state index in [4.69, 9.17) is 16.9 Å². The van der Waals surface area contributed by atoms with Crippen LogP contribution in [0.25, 0.3) is 11.1 Å². The predicted molar refractivity (Wildman–Crippen MR) is 71.8 cm³/mol. The van der Waals surface area contributed by atoms with Gasteiger partial charge in [-0.2, -0.15) is 5.26 Å². The van der Waals surface area contributed by atoms with Crippen LogP contribution in [-0.4, -0.2) is 4.98 Å². The van der Waals surface area contributed by atoms with E-state index in [2.05, 4.69) is 27.0 Å². The Morgan fingerprint density at radius 2 is 2.12 bits per heavy atom. The van der Waals surface area contributed by atoms with Gasteiger partial charge in [-0.3, -0.25) is 0 Å². The summed E-state index contributed by atoms with van der Waals surface area (Å²) in [5.41, 5.74) is 3.30. The highest BCUT2D eigenvalue weighted by molar-refractivity contribution is 9.10. The zero-order chi connectivity index (χ0) is 12.4. The third-order valence-corrected chi connectivity index (χ3v) is 3.66. The van der Waals surface area contributed by atoms with E-state index in [9.17, 15) is 0 Å². The molecule has 0 aliphatic rings. The number of aryl methyl sites for hydroxylation is 1. The molecule has 84 valence electrons. The van der Waals surface area contributed by atoms with E-state index in [1.165, 1.54) is 0 Å². The van der Waals surface area contributed by atoms with Gasteiger partial charge in [0.2, 0.25) is 0 Å². The van der Waals surface area contributed by atoms with Gasteiger partial charge < -0.3 is 0 Å². The number of nitrogens with zero attached hydrogens (tertiary/aromatic N) is 2. The molecule has 1 aromatic carbocycles. The molecule has 2 rings (SSSR count). The molecule has 2 nitrogen and oxygen atoms in total. The van der Waals surface area contributed by atoms with Crippen LogP contribution in [0.2, 0.25) is 5.15 Å². The molecule has 2 aromatic rings. The molecular weight excluding hydrogens is 300 g/mol. The molecule has 0 spiro atoms. The molecule has 17 heavy (non-hydrogen) atoms. The summed E-state index contributed by atoms with van der Waals surface area (Å²) >= 11 is 9.36. The van der Waals surface area contributed by atoms with Gasteiger partial charge >= 0.3 is 0 Å². The molecule has 0 aliphatic carbocycles. The van der Waals surface area contributed by atoms with Crippen LogP contribution in [-0.2, 0) is 0 Å². The SMILES string of the molecule is Cc1cc(-c2ccnc(Cl)c2C#N)ccc1Br. The lowest BCUT2D eigenvalue weighted by Gasteiger charge is -2.07.